The normalized spacial score (nSPS) is 9.00. The molecule has 0 saturated carbocycles. The number of nitrogens with two attached hydrogens (primary N) is 1. The summed E-state index contributed by atoms with van der Waals surface area (Å²) in [4.78, 5) is 21.4. The lowest BCUT2D eigenvalue weighted by Gasteiger charge is -2.00. The average molecular weight is 232 g/mol. The average Bonchev–Trinajstić information content (AvgIpc) is 2.25. The van der Waals surface area contributed by atoms with Crippen LogP contribution in [0, 0.1) is 11.8 Å². The van der Waals surface area contributed by atoms with Crippen molar-refractivity contribution in [3.63, 3.8) is 0 Å². The van der Waals surface area contributed by atoms with Gasteiger partial charge < -0.3 is 16.2 Å². The molecule has 0 bridgehead atoms. The minimum absolute atomic E-state index is 0.0244. The molecular weight excluding hydrogens is 220 g/mol. The molecule has 0 radical (unpaired) electrons. The molecule has 0 aliphatic rings. The van der Waals surface area contributed by atoms with Crippen molar-refractivity contribution in [3.8, 4) is 11.8 Å². The Kier molecular flexibility index (Phi) is 4.12. The Balaban J connectivity index is 2.82. The van der Waals surface area contributed by atoms with E-state index in [1.807, 2.05) is 0 Å². The van der Waals surface area contributed by atoms with Crippen molar-refractivity contribution in [3.05, 3.63) is 29.3 Å². The Hall–Kier alpha value is -2.48. The Morgan fingerprint density at radius 3 is 2.76 bits per heavy atom. The maximum Gasteiger partial charge on any atom is 0.337 e. The lowest BCUT2D eigenvalue weighted by molar-refractivity contribution is -0.118. The standard InChI is InChI=1S/C12H12N2O3/c1-8(15)14-6-2-3-9-4-5-11(13)10(7-9)12(16)17/h4-5,7H,6,13H2,1H3,(H,14,15)(H,16,17). The second-order valence-corrected chi connectivity index (χ2v) is 3.32. The highest BCUT2D eigenvalue weighted by molar-refractivity contribution is 5.94. The van der Waals surface area contributed by atoms with Crippen LogP contribution in [-0.2, 0) is 4.79 Å². The SMILES string of the molecule is CC(=O)NCC#Cc1ccc(N)c(C(=O)O)c1. The van der Waals surface area contributed by atoms with Crippen LogP contribution in [0.15, 0.2) is 18.2 Å². The minimum Gasteiger partial charge on any atom is -0.478 e. The fraction of sp³-hybridized carbons (Fsp3) is 0.167. The van der Waals surface area contributed by atoms with Gasteiger partial charge in [-0.2, -0.15) is 0 Å². The van der Waals surface area contributed by atoms with E-state index in [4.69, 9.17) is 10.8 Å². The van der Waals surface area contributed by atoms with E-state index in [9.17, 15) is 9.59 Å². The van der Waals surface area contributed by atoms with Crippen LogP contribution < -0.4 is 11.1 Å². The molecule has 0 aliphatic carbocycles. The van der Waals surface area contributed by atoms with Crippen LogP contribution in [0.5, 0.6) is 0 Å². The third-order valence-electron chi connectivity index (χ3n) is 1.94. The lowest BCUT2D eigenvalue weighted by atomic mass is 10.1. The fourth-order valence-electron chi connectivity index (χ4n) is 1.13. The Labute approximate surface area is 98.6 Å². The fourth-order valence-corrected chi connectivity index (χ4v) is 1.13. The van der Waals surface area contributed by atoms with Crippen LogP contribution >= 0.6 is 0 Å². The molecule has 1 amide bonds. The van der Waals surface area contributed by atoms with Gasteiger partial charge in [0.25, 0.3) is 0 Å². The molecule has 0 aliphatic heterocycles. The molecule has 88 valence electrons. The summed E-state index contributed by atoms with van der Waals surface area (Å²) in [6.07, 6.45) is 0. The largest absolute Gasteiger partial charge is 0.478 e. The summed E-state index contributed by atoms with van der Waals surface area (Å²) in [7, 11) is 0. The van der Waals surface area contributed by atoms with Crippen LogP contribution in [0.4, 0.5) is 5.69 Å². The van der Waals surface area contributed by atoms with E-state index in [0.29, 0.717) is 5.56 Å². The quantitative estimate of drug-likeness (QED) is 0.510. The molecule has 1 aromatic rings. The maximum absolute atomic E-state index is 10.8. The molecular formula is C12H12N2O3. The predicted molar refractivity (Wildman–Crippen MR) is 63.4 cm³/mol. The van der Waals surface area contributed by atoms with Gasteiger partial charge >= 0.3 is 5.97 Å². The van der Waals surface area contributed by atoms with Crippen molar-refractivity contribution in [1.29, 1.82) is 0 Å². The van der Waals surface area contributed by atoms with E-state index in [0.717, 1.165) is 0 Å². The van der Waals surface area contributed by atoms with E-state index >= 15 is 0 Å². The number of carboxylic acids is 1. The number of aromatic carboxylic acids is 1. The van der Waals surface area contributed by atoms with Gasteiger partial charge in [-0.05, 0) is 18.2 Å². The van der Waals surface area contributed by atoms with Gasteiger partial charge in [0.2, 0.25) is 5.91 Å². The lowest BCUT2D eigenvalue weighted by Crippen LogP contribution is -2.19. The van der Waals surface area contributed by atoms with E-state index in [1.165, 1.54) is 19.1 Å². The third kappa shape index (κ3) is 3.87. The highest BCUT2D eigenvalue weighted by Gasteiger charge is 2.07. The molecule has 1 rings (SSSR count). The number of hydrogen-bond donors (Lipinski definition) is 3. The first-order chi connectivity index (χ1) is 8.00. The summed E-state index contributed by atoms with van der Waals surface area (Å²) in [6, 6.07) is 4.52. The third-order valence-corrected chi connectivity index (χ3v) is 1.94. The van der Waals surface area contributed by atoms with Crippen LogP contribution in [0.1, 0.15) is 22.8 Å². The Morgan fingerprint density at radius 1 is 1.47 bits per heavy atom. The first kappa shape index (κ1) is 12.6. The molecule has 0 aromatic heterocycles. The van der Waals surface area contributed by atoms with E-state index in [-0.39, 0.29) is 23.7 Å². The monoisotopic (exact) mass is 232 g/mol. The van der Waals surface area contributed by atoms with E-state index in [1.54, 1.807) is 6.07 Å². The zero-order valence-electron chi connectivity index (χ0n) is 9.28. The number of carbonyl (C=O) groups excluding carboxylic acids is 1. The summed E-state index contributed by atoms with van der Waals surface area (Å²) < 4.78 is 0. The topological polar surface area (TPSA) is 92.4 Å². The van der Waals surface area contributed by atoms with Gasteiger partial charge in [0, 0.05) is 18.2 Å². The number of anilines is 1. The molecule has 0 fully saturated rings. The number of carbonyl (C=O) groups is 2. The van der Waals surface area contributed by atoms with Gasteiger partial charge in [-0.1, -0.05) is 11.8 Å². The van der Waals surface area contributed by atoms with Crippen molar-refractivity contribution in [1.82, 2.24) is 5.32 Å². The molecule has 17 heavy (non-hydrogen) atoms. The van der Waals surface area contributed by atoms with Crippen LogP contribution in [0.3, 0.4) is 0 Å². The zero-order chi connectivity index (χ0) is 12.8. The van der Waals surface area contributed by atoms with E-state index in [2.05, 4.69) is 17.2 Å². The molecule has 5 nitrogen and oxygen atoms in total. The molecule has 0 heterocycles. The Morgan fingerprint density at radius 2 is 2.18 bits per heavy atom. The van der Waals surface area contributed by atoms with Crippen molar-refractivity contribution < 1.29 is 14.7 Å². The molecule has 0 atom stereocenters. The van der Waals surface area contributed by atoms with Crippen LogP contribution in [0.25, 0.3) is 0 Å². The highest BCUT2D eigenvalue weighted by atomic mass is 16.4. The number of hydrogen-bond acceptors (Lipinski definition) is 3. The summed E-state index contributed by atoms with van der Waals surface area (Å²) in [5, 5.41) is 11.4. The summed E-state index contributed by atoms with van der Waals surface area (Å²) in [5.41, 5.74) is 6.27. The second-order valence-electron chi connectivity index (χ2n) is 3.32. The number of nitrogen functional groups attached to an aromatic ring is 1. The first-order valence-corrected chi connectivity index (χ1v) is 4.87. The van der Waals surface area contributed by atoms with Gasteiger partial charge in [-0.3, -0.25) is 4.79 Å². The Bertz CT molecular complexity index is 512. The predicted octanol–water partition coefficient (Wildman–Crippen LogP) is 0.455. The number of rotatable bonds is 2. The van der Waals surface area contributed by atoms with Gasteiger partial charge in [-0.25, -0.2) is 4.79 Å². The number of carboxylic acid groups (broad SMARTS) is 1. The van der Waals surface area contributed by atoms with Crippen molar-refractivity contribution in [2.24, 2.45) is 0 Å². The molecule has 5 heteroatoms. The molecule has 0 unspecified atom stereocenters. The van der Waals surface area contributed by atoms with Crippen molar-refractivity contribution >= 4 is 17.6 Å². The van der Waals surface area contributed by atoms with E-state index < -0.39 is 5.97 Å². The highest BCUT2D eigenvalue weighted by Crippen LogP contribution is 2.13. The van der Waals surface area contributed by atoms with Gasteiger partial charge in [-0.15, -0.1) is 0 Å². The number of amides is 1. The van der Waals surface area contributed by atoms with Crippen LogP contribution in [0.2, 0.25) is 0 Å². The first-order valence-electron chi connectivity index (χ1n) is 4.87. The second kappa shape index (κ2) is 5.56. The van der Waals surface area contributed by atoms with Gasteiger partial charge in [0.15, 0.2) is 0 Å². The summed E-state index contributed by atoms with van der Waals surface area (Å²) in [6.45, 7) is 1.62. The number of benzene rings is 1. The van der Waals surface area contributed by atoms with Gasteiger partial charge in [0.1, 0.15) is 0 Å². The number of nitrogens with one attached hydrogen (secondary N) is 1. The van der Waals surface area contributed by atoms with Gasteiger partial charge in [0.05, 0.1) is 12.1 Å². The minimum atomic E-state index is -1.09. The van der Waals surface area contributed by atoms with Crippen molar-refractivity contribution in [2.45, 2.75) is 6.92 Å². The molecule has 0 saturated heterocycles. The molecule has 0 spiro atoms. The smallest absolute Gasteiger partial charge is 0.337 e. The van der Waals surface area contributed by atoms with Crippen molar-refractivity contribution in [2.75, 3.05) is 12.3 Å². The summed E-state index contributed by atoms with van der Waals surface area (Å²) in [5.74, 6) is 4.19. The summed E-state index contributed by atoms with van der Waals surface area (Å²) >= 11 is 0. The molecule has 4 N–H and O–H groups in total. The van der Waals surface area contributed by atoms with Crippen LogP contribution in [-0.4, -0.2) is 23.5 Å². The zero-order valence-corrected chi connectivity index (χ0v) is 9.28. The molecule has 1 aromatic carbocycles. The maximum atomic E-state index is 10.8.